The van der Waals surface area contributed by atoms with E-state index >= 15 is 0 Å². The Hall–Kier alpha value is -1.39. The van der Waals surface area contributed by atoms with E-state index in [0.717, 1.165) is 15.2 Å². The Balaban J connectivity index is 1.90. The molecule has 0 radical (unpaired) electrons. The number of β-amino-alcohol motifs (C(OH)–C–C–N with tert-alkyl or cyclic N) is 1. The van der Waals surface area contributed by atoms with Gasteiger partial charge in [0.25, 0.3) is 5.91 Å². The van der Waals surface area contributed by atoms with Gasteiger partial charge in [0.2, 0.25) is 0 Å². The Morgan fingerprint density at radius 1 is 1.25 bits per heavy atom. The minimum atomic E-state index is -0.753. The number of carbonyl (C=O) groups excluding carboxylic acids is 1. The summed E-state index contributed by atoms with van der Waals surface area (Å²) in [6.45, 7) is 2.80. The number of fused-ring (bicyclic) bond motifs is 1. The van der Waals surface area contributed by atoms with Crippen molar-refractivity contribution in [2.24, 2.45) is 0 Å². The van der Waals surface area contributed by atoms with Crippen molar-refractivity contribution >= 4 is 32.6 Å². The lowest BCUT2D eigenvalue weighted by Crippen LogP contribution is -2.33. The molecule has 3 nitrogen and oxygen atoms in total. The molecule has 20 heavy (non-hydrogen) atoms. The molecule has 0 aliphatic carbocycles. The molecule has 0 aromatic heterocycles. The van der Waals surface area contributed by atoms with E-state index < -0.39 is 5.60 Å². The average molecular weight is 334 g/mol. The molecule has 0 bridgehead atoms. The third-order valence-corrected chi connectivity index (χ3v) is 4.28. The molecule has 1 saturated heterocycles. The maximum Gasteiger partial charge on any atom is 0.253 e. The Bertz CT molecular complexity index is 681. The third-order valence-electron chi connectivity index (χ3n) is 3.79. The smallest absolute Gasteiger partial charge is 0.253 e. The molecule has 0 saturated carbocycles. The van der Waals surface area contributed by atoms with Gasteiger partial charge in [-0.1, -0.05) is 28.1 Å². The number of likely N-dealkylation sites (tertiary alicyclic amines) is 1. The third kappa shape index (κ3) is 2.58. The summed E-state index contributed by atoms with van der Waals surface area (Å²) in [6, 6.07) is 11.7. The molecule has 1 N–H and O–H groups in total. The fourth-order valence-corrected chi connectivity index (χ4v) is 3.03. The number of hydrogen-bond acceptors (Lipinski definition) is 2. The maximum absolute atomic E-state index is 12.5. The van der Waals surface area contributed by atoms with Crippen molar-refractivity contribution in [2.45, 2.75) is 18.9 Å². The lowest BCUT2D eigenvalue weighted by molar-refractivity contribution is 0.0572. The van der Waals surface area contributed by atoms with Crippen molar-refractivity contribution in [1.29, 1.82) is 0 Å². The number of nitrogens with zero attached hydrogens (tertiary/aromatic N) is 1. The number of carbonyl (C=O) groups is 1. The van der Waals surface area contributed by atoms with E-state index in [9.17, 15) is 9.90 Å². The molecular weight excluding hydrogens is 318 g/mol. The van der Waals surface area contributed by atoms with Crippen LogP contribution < -0.4 is 0 Å². The zero-order valence-corrected chi connectivity index (χ0v) is 12.9. The number of aliphatic hydroxyl groups is 1. The number of hydrogen-bond donors (Lipinski definition) is 1. The highest BCUT2D eigenvalue weighted by Crippen LogP contribution is 2.25. The van der Waals surface area contributed by atoms with Crippen molar-refractivity contribution in [2.75, 3.05) is 13.1 Å². The predicted molar refractivity (Wildman–Crippen MR) is 82.8 cm³/mol. The topological polar surface area (TPSA) is 40.5 Å². The molecule has 0 unspecified atom stereocenters. The summed E-state index contributed by atoms with van der Waals surface area (Å²) in [4.78, 5) is 14.2. The Morgan fingerprint density at radius 2 is 1.95 bits per heavy atom. The summed E-state index contributed by atoms with van der Waals surface area (Å²) in [5.41, 5.74) is -0.0743. The van der Waals surface area contributed by atoms with Gasteiger partial charge < -0.3 is 10.0 Å². The molecule has 3 rings (SSSR count). The largest absolute Gasteiger partial charge is 0.388 e. The van der Waals surface area contributed by atoms with Gasteiger partial charge in [-0.05, 0) is 48.4 Å². The first-order valence-corrected chi connectivity index (χ1v) is 7.45. The standard InChI is InChI=1S/C16H16BrNO2/c1-16(20)6-7-18(10-16)15(19)13-3-2-12-9-14(17)5-4-11(12)8-13/h2-5,8-9,20H,6-7,10H2,1H3/t16-/m0/s1. The van der Waals surface area contributed by atoms with Gasteiger partial charge in [0.1, 0.15) is 0 Å². The number of amides is 1. The van der Waals surface area contributed by atoms with E-state index in [4.69, 9.17) is 0 Å². The Labute approximate surface area is 126 Å². The quantitative estimate of drug-likeness (QED) is 0.870. The monoisotopic (exact) mass is 333 g/mol. The fraction of sp³-hybridized carbons (Fsp3) is 0.312. The van der Waals surface area contributed by atoms with Crippen molar-refractivity contribution in [3.63, 3.8) is 0 Å². The zero-order valence-electron chi connectivity index (χ0n) is 11.3. The molecule has 2 aromatic rings. The van der Waals surface area contributed by atoms with E-state index in [1.54, 1.807) is 11.8 Å². The van der Waals surface area contributed by atoms with Gasteiger partial charge in [-0.25, -0.2) is 0 Å². The highest BCUT2D eigenvalue weighted by Gasteiger charge is 2.34. The zero-order chi connectivity index (χ0) is 14.3. The summed E-state index contributed by atoms with van der Waals surface area (Å²) < 4.78 is 1.03. The van der Waals surface area contributed by atoms with Crippen molar-refractivity contribution in [1.82, 2.24) is 4.90 Å². The molecule has 1 fully saturated rings. The molecule has 1 atom stereocenters. The SMILES string of the molecule is C[C@]1(O)CCN(C(=O)c2ccc3cc(Br)ccc3c2)C1. The van der Waals surface area contributed by atoms with Crippen LogP contribution in [0.15, 0.2) is 40.9 Å². The maximum atomic E-state index is 12.5. The van der Waals surface area contributed by atoms with Crippen molar-refractivity contribution in [3.05, 3.63) is 46.4 Å². The lowest BCUT2D eigenvalue weighted by Gasteiger charge is -2.19. The highest BCUT2D eigenvalue weighted by molar-refractivity contribution is 9.10. The second kappa shape index (κ2) is 4.86. The summed E-state index contributed by atoms with van der Waals surface area (Å²) in [6.07, 6.45) is 0.638. The van der Waals surface area contributed by atoms with Crippen LogP contribution in [-0.4, -0.2) is 34.6 Å². The summed E-state index contributed by atoms with van der Waals surface area (Å²) in [5.74, 6) is -0.00686. The molecule has 0 spiro atoms. The molecule has 4 heteroatoms. The fourth-order valence-electron chi connectivity index (χ4n) is 2.65. The first-order chi connectivity index (χ1) is 9.44. The van der Waals surface area contributed by atoms with Crippen molar-refractivity contribution in [3.8, 4) is 0 Å². The predicted octanol–water partition coefficient (Wildman–Crippen LogP) is 3.20. The Morgan fingerprint density at radius 3 is 2.65 bits per heavy atom. The van der Waals surface area contributed by atoms with Crippen LogP contribution in [0.2, 0.25) is 0 Å². The second-order valence-corrected chi connectivity index (χ2v) is 6.60. The van der Waals surface area contributed by atoms with Gasteiger partial charge in [-0.2, -0.15) is 0 Å². The van der Waals surface area contributed by atoms with E-state index in [0.29, 0.717) is 25.1 Å². The first kappa shape index (κ1) is 13.6. The van der Waals surface area contributed by atoms with Gasteiger partial charge in [0.15, 0.2) is 0 Å². The average Bonchev–Trinajstić information content (AvgIpc) is 2.77. The van der Waals surface area contributed by atoms with Crippen molar-refractivity contribution < 1.29 is 9.90 Å². The van der Waals surface area contributed by atoms with Crippen LogP contribution in [0.25, 0.3) is 10.8 Å². The van der Waals surface area contributed by atoms with Crippen LogP contribution in [0.1, 0.15) is 23.7 Å². The molecule has 1 amide bonds. The molecular formula is C16H16BrNO2. The molecule has 1 aliphatic rings. The molecule has 1 heterocycles. The van der Waals surface area contributed by atoms with Crippen LogP contribution in [0.5, 0.6) is 0 Å². The minimum absolute atomic E-state index is 0.00686. The van der Waals surface area contributed by atoms with Gasteiger partial charge in [0.05, 0.1) is 5.60 Å². The number of benzene rings is 2. The lowest BCUT2D eigenvalue weighted by atomic mass is 10.1. The molecule has 104 valence electrons. The summed E-state index contributed by atoms with van der Waals surface area (Å²) >= 11 is 3.44. The van der Waals surface area contributed by atoms with Gasteiger partial charge in [-0.3, -0.25) is 4.79 Å². The number of halogens is 1. The van der Waals surface area contributed by atoms with Gasteiger partial charge >= 0.3 is 0 Å². The number of rotatable bonds is 1. The first-order valence-electron chi connectivity index (χ1n) is 6.66. The normalized spacial score (nSPS) is 22.4. The van der Waals surface area contributed by atoms with Gasteiger partial charge in [-0.15, -0.1) is 0 Å². The summed E-state index contributed by atoms with van der Waals surface area (Å²) in [7, 11) is 0. The van der Waals surface area contributed by atoms with Crippen LogP contribution >= 0.6 is 15.9 Å². The molecule has 2 aromatic carbocycles. The van der Waals surface area contributed by atoms with Crippen LogP contribution in [0.3, 0.4) is 0 Å². The van der Waals surface area contributed by atoms with Crippen LogP contribution in [0, 0.1) is 0 Å². The Kier molecular flexibility index (Phi) is 3.30. The van der Waals surface area contributed by atoms with Crippen LogP contribution in [0.4, 0.5) is 0 Å². The van der Waals surface area contributed by atoms with Crippen LogP contribution in [-0.2, 0) is 0 Å². The summed E-state index contributed by atoms with van der Waals surface area (Å²) in [5, 5.41) is 12.1. The van der Waals surface area contributed by atoms with E-state index in [1.807, 2.05) is 36.4 Å². The van der Waals surface area contributed by atoms with Gasteiger partial charge in [0, 0.05) is 23.1 Å². The van der Waals surface area contributed by atoms with E-state index in [2.05, 4.69) is 15.9 Å². The second-order valence-electron chi connectivity index (χ2n) is 5.68. The highest BCUT2D eigenvalue weighted by atomic mass is 79.9. The molecule has 1 aliphatic heterocycles. The van der Waals surface area contributed by atoms with E-state index in [-0.39, 0.29) is 5.91 Å². The minimum Gasteiger partial charge on any atom is -0.388 e. The van der Waals surface area contributed by atoms with E-state index in [1.165, 1.54) is 0 Å².